The van der Waals surface area contributed by atoms with Gasteiger partial charge in [0.2, 0.25) is 5.91 Å². The molecule has 0 aromatic rings. The second-order valence-corrected chi connectivity index (χ2v) is 2.98. The lowest BCUT2D eigenvalue weighted by atomic mass is 10.4. The van der Waals surface area contributed by atoms with Crippen LogP contribution in [-0.4, -0.2) is 50.2 Å². The minimum Gasteiger partial charge on any atom is -0.379 e. The number of amides is 1. The maximum absolute atomic E-state index is 11.2. The molecule has 0 atom stereocenters. The Balaban J connectivity index is 2.14. The highest BCUT2D eigenvalue weighted by atomic mass is 16.5. The number of carbonyl (C=O) groups excluding carboxylic acids is 1. The predicted molar refractivity (Wildman–Crippen MR) is 50.5 cm³/mol. The lowest BCUT2D eigenvalue weighted by Gasteiger charge is -2.25. The lowest BCUT2D eigenvalue weighted by molar-refractivity contribution is -0.123. The standard InChI is InChI=1S/C9H16N2O2/c1-2-3-10-9(12)8-11-4-6-13-7-5-11/h2H,1,3-8H2,(H,10,12). The van der Waals surface area contributed by atoms with E-state index in [9.17, 15) is 4.79 Å². The number of nitrogens with zero attached hydrogens (tertiary/aromatic N) is 1. The highest BCUT2D eigenvalue weighted by molar-refractivity contribution is 5.78. The summed E-state index contributed by atoms with van der Waals surface area (Å²) in [4.78, 5) is 13.3. The molecule has 1 rings (SSSR count). The van der Waals surface area contributed by atoms with Crippen LogP contribution < -0.4 is 5.32 Å². The summed E-state index contributed by atoms with van der Waals surface area (Å²) in [5, 5.41) is 2.74. The van der Waals surface area contributed by atoms with Crippen molar-refractivity contribution in [1.29, 1.82) is 0 Å². The Hall–Kier alpha value is -0.870. The Morgan fingerprint density at radius 2 is 2.23 bits per heavy atom. The minimum atomic E-state index is 0.0572. The molecule has 0 aliphatic carbocycles. The number of ether oxygens (including phenoxy) is 1. The number of hydrogen-bond acceptors (Lipinski definition) is 3. The van der Waals surface area contributed by atoms with E-state index in [1.54, 1.807) is 6.08 Å². The van der Waals surface area contributed by atoms with Gasteiger partial charge in [-0.15, -0.1) is 6.58 Å². The second-order valence-electron chi connectivity index (χ2n) is 2.98. The van der Waals surface area contributed by atoms with Crippen molar-refractivity contribution in [3.8, 4) is 0 Å². The molecule has 1 amide bonds. The summed E-state index contributed by atoms with van der Waals surface area (Å²) in [6.07, 6.45) is 1.68. The van der Waals surface area contributed by atoms with Crippen LogP contribution in [0.2, 0.25) is 0 Å². The molecule has 74 valence electrons. The molecule has 1 aliphatic rings. The average Bonchev–Trinajstić information content (AvgIpc) is 2.16. The molecule has 1 fully saturated rings. The summed E-state index contributed by atoms with van der Waals surface area (Å²) in [6.45, 7) is 7.70. The molecule has 0 saturated carbocycles. The van der Waals surface area contributed by atoms with Crippen LogP contribution in [0.15, 0.2) is 12.7 Å². The van der Waals surface area contributed by atoms with Gasteiger partial charge < -0.3 is 10.1 Å². The van der Waals surface area contributed by atoms with Gasteiger partial charge in [0, 0.05) is 19.6 Å². The second kappa shape index (κ2) is 5.72. The Labute approximate surface area is 78.5 Å². The first kappa shape index (κ1) is 10.2. The normalized spacial score (nSPS) is 18.2. The van der Waals surface area contributed by atoms with Gasteiger partial charge in [-0.05, 0) is 0 Å². The molecule has 0 unspecified atom stereocenters. The quantitative estimate of drug-likeness (QED) is 0.606. The minimum absolute atomic E-state index is 0.0572. The number of carbonyl (C=O) groups is 1. The number of morpholine rings is 1. The average molecular weight is 184 g/mol. The molecule has 0 aromatic carbocycles. The predicted octanol–water partition coefficient (Wildman–Crippen LogP) is -0.379. The first-order chi connectivity index (χ1) is 6.33. The van der Waals surface area contributed by atoms with Gasteiger partial charge in [0.1, 0.15) is 0 Å². The monoisotopic (exact) mass is 184 g/mol. The Morgan fingerprint density at radius 3 is 2.85 bits per heavy atom. The van der Waals surface area contributed by atoms with Gasteiger partial charge in [-0.3, -0.25) is 9.69 Å². The summed E-state index contributed by atoms with van der Waals surface area (Å²) < 4.78 is 5.17. The molecule has 1 aliphatic heterocycles. The molecule has 4 nitrogen and oxygen atoms in total. The molecule has 1 saturated heterocycles. The number of rotatable bonds is 4. The van der Waals surface area contributed by atoms with Crippen molar-refractivity contribution in [2.75, 3.05) is 39.4 Å². The summed E-state index contributed by atoms with van der Waals surface area (Å²) in [7, 11) is 0. The fourth-order valence-electron chi connectivity index (χ4n) is 1.20. The Kier molecular flexibility index (Phi) is 4.49. The topological polar surface area (TPSA) is 41.6 Å². The van der Waals surface area contributed by atoms with E-state index in [1.807, 2.05) is 0 Å². The molecular weight excluding hydrogens is 168 g/mol. The van der Waals surface area contributed by atoms with Crippen LogP contribution in [0.25, 0.3) is 0 Å². The molecule has 4 heteroatoms. The summed E-state index contributed by atoms with van der Waals surface area (Å²) >= 11 is 0. The van der Waals surface area contributed by atoms with Crippen molar-refractivity contribution in [3.05, 3.63) is 12.7 Å². The van der Waals surface area contributed by atoms with E-state index in [0.29, 0.717) is 13.1 Å². The van der Waals surface area contributed by atoms with Crippen LogP contribution in [0.3, 0.4) is 0 Å². The molecule has 0 bridgehead atoms. The van der Waals surface area contributed by atoms with Gasteiger partial charge in [0.15, 0.2) is 0 Å². The van der Waals surface area contributed by atoms with Crippen molar-refractivity contribution in [2.24, 2.45) is 0 Å². The van der Waals surface area contributed by atoms with Gasteiger partial charge >= 0.3 is 0 Å². The molecule has 0 aromatic heterocycles. The van der Waals surface area contributed by atoms with Gasteiger partial charge in [0.25, 0.3) is 0 Å². The van der Waals surface area contributed by atoms with E-state index in [1.165, 1.54) is 0 Å². The highest BCUT2D eigenvalue weighted by Crippen LogP contribution is 1.95. The maximum atomic E-state index is 11.2. The van der Waals surface area contributed by atoms with E-state index in [2.05, 4.69) is 16.8 Å². The summed E-state index contributed by atoms with van der Waals surface area (Å²) in [6, 6.07) is 0. The van der Waals surface area contributed by atoms with Crippen LogP contribution in [0.1, 0.15) is 0 Å². The fraction of sp³-hybridized carbons (Fsp3) is 0.667. The molecule has 1 N–H and O–H groups in total. The van der Waals surface area contributed by atoms with Crippen molar-refractivity contribution in [2.45, 2.75) is 0 Å². The highest BCUT2D eigenvalue weighted by Gasteiger charge is 2.12. The number of hydrogen-bond donors (Lipinski definition) is 1. The van der Waals surface area contributed by atoms with Gasteiger partial charge in [-0.2, -0.15) is 0 Å². The molecule has 0 radical (unpaired) electrons. The zero-order chi connectivity index (χ0) is 9.52. The van der Waals surface area contributed by atoms with Crippen LogP contribution >= 0.6 is 0 Å². The molecular formula is C9H16N2O2. The van der Waals surface area contributed by atoms with Gasteiger partial charge in [-0.1, -0.05) is 6.08 Å². The maximum Gasteiger partial charge on any atom is 0.234 e. The molecule has 13 heavy (non-hydrogen) atoms. The van der Waals surface area contributed by atoms with E-state index in [4.69, 9.17) is 4.74 Å². The Bertz CT molecular complexity index is 176. The van der Waals surface area contributed by atoms with E-state index in [-0.39, 0.29) is 5.91 Å². The zero-order valence-corrected chi connectivity index (χ0v) is 7.79. The first-order valence-electron chi connectivity index (χ1n) is 4.50. The molecule has 1 heterocycles. The first-order valence-corrected chi connectivity index (χ1v) is 4.50. The van der Waals surface area contributed by atoms with Gasteiger partial charge in [-0.25, -0.2) is 0 Å². The van der Waals surface area contributed by atoms with Crippen molar-refractivity contribution in [1.82, 2.24) is 10.2 Å². The van der Waals surface area contributed by atoms with Crippen molar-refractivity contribution < 1.29 is 9.53 Å². The van der Waals surface area contributed by atoms with Crippen molar-refractivity contribution >= 4 is 5.91 Å². The van der Waals surface area contributed by atoms with Crippen LogP contribution in [0, 0.1) is 0 Å². The van der Waals surface area contributed by atoms with Crippen LogP contribution in [-0.2, 0) is 9.53 Å². The SMILES string of the molecule is C=CCNC(=O)CN1CCOCC1. The smallest absolute Gasteiger partial charge is 0.234 e. The lowest BCUT2D eigenvalue weighted by Crippen LogP contribution is -2.43. The van der Waals surface area contributed by atoms with Crippen molar-refractivity contribution in [3.63, 3.8) is 0 Å². The zero-order valence-electron chi connectivity index (χ0n) is 7.79. The molecule has 0 spiro atoms. The van der Waals surface area contributed by atoms with E-state index >= 15 is 0 Å². The Morgan fingerprint density at radius 1 is 1.54 bits per heavy atom. The fourth-order valence-corrected chi connectivity index (χ4v) is 1.20. The summed E-state index contributed by atoms with van der Waals surface area (Å²) in [5.41, 5.74) is 0. The van der Waals surface area contributed by atoms with Gasteiger partial charge in [0.05, 0.1) is 19.8 Å². The van der Waals surface area contributed by atoms with Crippen LogP contribution in [0.5, 0.6) is 0 Å². The third-order valence-corrected chi connectivity index (χ3v) is 1.91. The van der Waals surface area contributed by atoms with E-state index < -0.39 is 0 Å². The van der Waals surface area contributed by atoms with Crippen LogP contribution in [0.4, 0.5) is 0 Å². The third kappa shape index (κ3) is 4.05. The third-order valence-electron chi connectivity index (χ3n) is 1.91. The largest absolute Gasteiger partial charge is 0.379 e. The number of nitrogens with one attached hydrogen (secondary N) is 1. The van der Waals surface area contributed by atoms with E-state index in [0.717, 1.165) is 26.3 Å². The summed E-state index contributed by atoms with van der Waals surface area (Å²) in [5.74, 6) is 0.0572.